The lowest BCUT2D eigenvalue weighted by Crippen LogP contribution is -2.36. The highest BCUT2D eigenvalue weighted by molar-refractivity contribution is 6.10. The average Bonchev–Trinajstić information content (AvgIpc) is 3.09. The van der Waals surface area contributed by atoms with Crippen molar-refractivity contribution in [3.05, 3.63) is 53.6 Å². The van der Waals surface area contributed by atoms with Crippen LogP contribution in [0.15, 0.2) is 47.6 Å². The van der Waals surface area contributed by atoms with Gasteiger partial charge < -0.3 is 21.3 Å². The molecule has 0 radical (unpaired) electrons. The number of phenols is 2. The van der Waals surface area contributed by atoms with Crippen molar-refractivity contribution in [1.29, 1.82) is 0 Å². The van der Waals surface area contributed by atoms with E-state index in [4.69, 9.17) is 5.73 Å². The van der Waals surface area contributed by atoms with Gasteiger partial charge in [-0.15, -0.1) is 0 Å². The number of carbonyl (C=O) groups is 1. The van der Waals surface area contributed by atoms with Crippen LogP contribution in [0.4, 0.5) is 5.82 Å². The average molecular weight is 444 g/mol. The third-order valence-corrected chi connectivity index (χ3v) is 5.96. The van der Waals surface area contributed by atoms with E-state index >= 15 is 0 Å². The van der Waals surface area contributed by atoms with Gasteiger partial charge in [-0.25, -0.2) is 9.97 Å². The van der Waals surface area contributed by atoms with Gasteiger partial charge in [0.25, 0.3) is 5.91 Å². The van der Waals surface area contributed by atoms with Gasteiger partial charge in [0.15, 0.2) is 17.1 Å². The number of hydrogen-bond acceptors (Lipinski definition) is 7. The highest BCUT2D eigenvalue weighted by Crippen LogP contribution is 2.29. The first-order valence-electron chi connectivity index (χ1n) is 10.9. The summed E-state index contributed by atoms with van der Waals surface area (Å²) in [6.07, 6.45) is 6.73. The van der Waals surface area contributed by atoms with E-state index in [-0.39, 0.29) is 34.8 Å². The molecule has 2 aromatic heterocycles. The summed E-state index contributed by atoms with van der Waals surface area (Å²) in [7, 11) is 0. The Morgan fingerprint density at radius 2 is 1.79 bits per heavy atom. The summed E-state index contributed by atoms with van der Waals surface area (Å²) in [6.45, 7) is 0. The van der Waals surface area contributed by atoms with E-state index in [1.54, 1.807) is 6.07 Å². The molecule has 0 saturated heterocycles. The molecule has 33 heavy (non-hydrogen) atoms. The molecular weight excluding hydrogens is 420 g/mol. The van der Waals surface area contributed by atoms with E-state index in [0.717, 1.165) is 25.7 Å². The summed E-state index contributed by atoms with van der Waals surface area (Å²) < 4.78 is 1.38. The van der Waals surface area contributed by atoms with Crippen molar-refractivity contribution >= 4 is 40.1 Å². The zero-order chi connectivity index (χ0) is 22.9. The van der Waals surface area contributed by atoms with Gasteiger partial charge in [-0.1, -0.05) is 31.4 Å². The molecule has 1 saturated carbocycles. The fourth-order valence-electron chi connectivity index (χ4n) is 4.24. The molecule has 1 fully saturated rings. The molecule has 9 nitrogen and oxygen atoms in total. The molecule has 0 atom stereocenters. The molecule has 0 spiro atoms. The monoisotopic (exact) mass is 444 g/mol. The number of amides is 1. The molecule has 5 N–H and O–H groups in total. The topological polar surface area (TPSA) is 139 Å². The van der Waals surface area contributed by atoms with Crippen LogP contribution in [-0.4, -0.2) is 43.0 Å². The van der Waals surface area contributed by atoms with Crippen LogP contribution >= 0.6 is 0 Å². The van der Waals surface area contributed by atoms with Crippen molar-refractivity contribution in [2.24, 2.45) is 5.10 Å². The highest BCUT2D eigenvalue weighted by atomic mass is 16.3. The molecule has 9 heteroatoms. The Kier molecular flexibility index (Phi) is 5.29. The SMILES string of the molecule is Nc1c(C(=O)NC2CCCCC2)c2nc3ccccc3nc2n1N=Cc1ccc(O)c(O)c1. The third-order valence-electron chi connectivity index (χ3n) is 5.96. The Hall–Kier alpha value is -4.14. The number of nitrogens with one attached hydrogen (secondary N) is 1. The second-order valence-corrected chi connectivity index (χ2v) is 8.26. The molecule has 2 aromatic carbocycles. The maximum atomic E-state index is 13.3. The maximum Gasteiger partial charge on any atom is 0.257 e. The number of fused-ring (bicyclic) bond motifs is 2. The summed E-state index contributed by atoms with van der Waals surface area (Å²) in [5.41, 5.74) is 9.25. The number of nitrogens with two attached hydrogens (primary N) is 1. The number of rotatable bonds is 4. The van der Waals surface area contributed by atoms with Crippen LogP contribution in [0.25, 0.3) is 22.2 Å². The first kappa shape index (κ1) is 20.7. The van der Waals surface area contributed by atoms with E-state index in [1.165, 1.54) is 29.4 Å². The molecule has 4 aromatic rings. The molecule has 1 aliphatic rings. The van der Waals surface area contributed by atoms with Crippen molar-refractivity contribution < 1.29 is 15.0 Å². The second kappa shape index (κ2) is 8.42. The summed E-state index contributed by atoms with van der Waals surface area (Å²) >= 11 is 0. The Bertz CT molecular complexity index is 1390. The fraction of sp³-hybridized carbons (Fsp3) is 0.250. The molecule has 0 unspecified atom stereocenters. The van der Waals surface area contributed by atoms with Gasteiger partial charge in [0, 0.05) is 6.04 Å². The molecule has 0 aliphatic heterocycles. The largest absolute Gasteiger partial charge is 0.504 e. The second-order valence-electron chi connectivity index (χ2n) is 8.26. The van der Waals surface area contributed by atoms with Crippen molar-refractivity contribution in [2.75, 3.05) is 5.73 Å². The number of carbonyl (C=O) groups excluding carboxylic acids is 1. The van der Waals surface area contributed by atoms with Crippen LogP contribution in [0.5, 0.6) is 11.5 Å². The number of nitrogen functional groups attached to an aromatic ring is 1. The minimum absolute atomic E-state index is 0.112. The van der Waals surface area contributed by atoms with Gasteiger partial charge in [0.05, 0.1) is 17.2 Å². The van der Waals surface area contributed by atoms with Crippen molar-refractivity contribution in [3.63, 3.8) is 0 Å². The first-order chi connectivity index (χ1) is 16.0. The zero-order valence-corrected chi connectivity index (χ0v) is 17.9. The van der Waals surface area contributed by atoms with Gasteiger partial charge in [-0.2, -0.15) is 9.78 Å². The van der Waals surface area contributed by atoms with Gasteiger partial charge in [0.1, 0.15) is 16.9 Å². The lowest BCUT2D eigenvalue weighted by atomic mass is 9.95. The number of para-hydroxylation sites is 2. The standard InChI is InChI=1S/C24H24N6O3/c25-22-20(24(33)27-15-6-2-1-3-7-15)21-23(29-17-9-5-4-8-16(17)28-21)30(22)26-13-14-10-11-18(31)19(32)12-14/h4-5,8-13,15,31-32H,1-3,6-7,25H2,(H,27,33). The summed E-state index contributed by atoms with van der Waals surface area (Å²) in [6, 6.07) is 11.8. The number of hydrogen-bond donors (Lipinski definition) is 4. The number of aromatic hydroxyl groups is 2. The van der Waals surface area contributed by atoms with Crippen LogP contribution in [0, 0.1) is 0 Å². The Morgan fingerprint density at radius 3 is 2.52 bits per heavy atom. The molecular formula is C24H24N6O3. The van der Waals surface area contributed by atoms with E-state index < -0.39 is 0 Å². The van der Waals surface area contributed by atoms with Gasteiger partial charge in [-0.05, 0) is 48.7 Å². The predicted molar refractivity (Wildman–Crippen MR) is 127 cm³/mol. The number of aromatic nitrogens is 3. The smallest absolute Gasteiger partial charge is 0.257 e. The Morgan fingerprint density at radius 1 is 1.06 bits per heavy atom. The fourth-order valence-corrected chi connectivity index (χ4v) is 4.24. The number of anilines is 1. The summed E-state index contributed by atoms with van der Waals surface area (Å²) in [4.78, 5) is 22.6. The number of benzene rings is 2. The zero-order valence-electron chi connectivity index (χ0n) is 17.9. The molecule has 2 heterocycles. The highest BCUT2D eigenvalue weighted by Gasteiger charge is 2.26. The minimum Gasteiger partial charge on any atom is -0.504 e. The first-order valence-corrected chi connectivity index (χ1v) is 10.9. The van der Waals surface area contributed by atoms with E-state index in [9.17, 15) is 15.0 Å². The van der Waals surface area contributed by atoms with Crippen LogP contribution in [0.2, 0.25) is 0 Å². The number of phenolic OH excluding ortho intramolecular Hbond substituents is 2. The molecule has 168 valence electrons. The molecule has 1 amide bonds. The molecule has 5 rings (SSSR count). The summed E-state index contributed by atoms with van der Waals surface area (Å²) in [5, 5.41) is 26.8. The van der Waals surface area contributed by atoms with E-state index in [2.05, 4.69) is 20.4 Å². The summed E-state index contributed by atoms with van der Waals surface area (Å²) in [5.74, 6) is -0.641. The lowest BCUT2D eigenvalue weighted by Gasteiger charge is -2.22. The van der Waals surface area contributed by atoms with E-state index in [0.29, 0.717) is 27.8 Å². The Balaban J connectivity index is 1.62. The maximum absolute atomic E-state index is 13.3. The molecule has 1 aliphatic carbocycles. The van der Waals surface area contributed by atoms with Crippen LogP contribution in [-0.2, 0) is 0 Å². The number of nitrogens with zero attached hydrogens (tertiary/aromatic N) is 4. The van der Waals surface area contributed by atoms with Crippen LogP contribution < -0.4 is 11.1 Å². The Labute approximate surface area is 189 Å². The lowest BCUT2D eigenvalue weighted by molar-refractivity contribution is 0.0930. The van der Waals surface area contributed by atoms with Crippen LogP contribution in [0.3, 0.4) is 0 Å². The minimum atomic E-state index is -0.287. The third kappa shape index (κ3) is 3.93. The van der Waals surface area contributed by atoms with Crippen LogP contribution in [0.1, 0.15) is 48.0 Å². The van der Waals surface area contributed by atoms with Crippen molar-refractivity contribution in [1.82, 2.24) is 20.0 Å². The van der Waals surface area contributed by atoms with Gasteiger partial charge >= 0.3 is 0 Å². The van der Waals surface area contributed by atoms with Crippen molar-refractivity contribution in [3.8, 4) is 11.5 Å². The van der Waals surface area contributed by atoms with Crippen molar-refractivity contribution in [2.45, 2.75) is 38.1 Å². The quantitative estimate of drug-likeness (QED) is 0.281. The predicted octanol–water partition coefficient (Wildman–Crippen LogP) is 3.52. The van der Waals surface area contributed by atoms with E-state index in [1.807, 2.05) is 24.3 Å². The normalized spacial score (nSPS) is 14.9. The van der Waals surface area contributed by atoms with Gasteiger partial charge in [-0.3, -0.25) is 4.79 Å². The van der Waals surface area contributed by atoms with Gasteiger partial charge in [0.2, 0.25) is 0 Å². The molecule has 0 bridgehead atoms.